The monoisotopic (exact) mass is 1220 g/mol. The third-order valence-corrected chi connectivity index (χ3v) is 16.7. The molecule has 0 aliphatic carbocycles. The molecule has 8 aromatic carbocycles. The number of hydrogen-bond donors (Lipinski definition) is 1. The van der Waals surface area contributed by atoms with Crippen molar-refractivity contribution in [3.05, 3.63) is 321 Å². The van der Waals surface area contributed by atoms with Crippen molar-refractivity contribution in [2.24, 2.45) is 0 Å². The standard InChI is InChI=1S/C40H26N6.C20H13ClN4.C20H14N2/c1-2-12-29(13-3-1)45-24-21-27-19-20-32-31-15-4-5-18-37(31)46(39(32)38(27)45)30-14-10-11-28(25-30)40-43-35(33-16-6-8-22-41-33)26-36(44-40)34-17-7-9-23-42-34;21-15-7-5-6-14(12-15)20-24-18(16-8-1-3-10-22-16)13-19(25-20)17-9-2-4-11-23-17;1-2-6-15(7-3-1)22-13-12-14-10-11-17-16-8-4-5-9-18(16)21-19(17)20(14)22/h1-26H;1-13H;1-13,21H. The van der Waals surface area contributed by atoms with E-state index in [4.69, 9.17) is 21.6 Å². The highest BCUT2D eigenvalue weighted by Gasteiger charge is 2.20. The van der Waals surface area contributed by atoms with Gasteiger partial charge in [-0.25, -0.2) is 19.9 Å². The molecule has 0 amide bonds. The van der Waals surface area contributed by atoms with E-state index < -0.39 is 0 Å². The van der Waals surface area contributed by atoms with Crippen LogP contribution in [0.2, 0.25) is 5.02 Å². The summed E-state index contributed by atoms with van der Waals surface area (Å²) in [7, 11) is 0. The fraction of sp³-hybridized carbons (Fsp3) is 0. The molecule has 10 heterocycles. The number of aromatic amines is 1. The molecule has 440 valence electrons. The average molecular weight is 1220 g/mol. The number of aromatic nitrogens is 12. The van der Waals surface area contributed by atoms with Crippen LogP contribution in [0.1, 0.15) is 0 Å². The summed E-state index contributed by atoms with van der Waals surface area (Å²) in [6.07, 6.45) is 11.4. The van der Waals surface area contributed by atoms with Crippen LogP contribution < -0.4 is 0 Å². The van der Waals surface area contributed by atoms with Crippen LogP contribution in [0.25, 0.3) is 151 Å². The molecule has 0 radical (unpaired) electrons. The average Bonchev–Trinajstić information content (AvgIpc) is 1.58. The highest BCUT2D eigenvalue weighted by atomic mass is 35.5. The van der Waals surface area contributed by atoms with Gasteiger partial charge in [0, 0.05) is 108 Å². The molecular formula is C80H53ClN12. The van der Waals surface area contributed by atoms with Crippen LogP contribution in [0.3, 0.4) is 0 Å². The van der Waals surface area contributed by atoms with Crippen LogP contribution in [0.15, 0.2) is 316 Å². The molecule has 0 unspecified atom stereocenters. The molecule has 18 aromatic rings. The number of pyridine rings is 4. The lowest BCUT2D eigenvalue weighted by Gasteiger charge is -2.13. The molecule has 0 aliphatic heterocycles. The first kappa shape index (κ1) is 55.8. The van der Waals surface area contributed by atoms with Gasteiger partial charge in [-0.3, -0.25) is 19.9 Å². The van der Waals surface area contributed by atoms with Crippen LogP contribution in [0, 0.1) is 0 Å². The topological polar surface area (TPSA) is 134 Å². The Hall–Kier alpha value is -12.5. The number of fused-ring (bicyclic) bond motifs is 10. The molecule has 0 aliphatic rings. The number of hydrogen-bond acceptors (Lipinski definition) is 8. The Kier molecular flexibility index (Phi) is 14.7. The van der Waals surface area contributed by atoms with E-state index in [1.165, 1.54) is 54.6 Å². The number of halogens is 1. The highest BCUT2D eigenvalue weighted by molar-refractivity contribution is 6.30. The van der Waals surface area contributed by atoms with Crippen molar-refractivity contribution in [3.63, 3.8) is 0 Å². The molecule has 0 bridgehead atoms. The normalized spacial score (nSPS) is 11.3. The van der Waals surface area contributed by atoms with Gasteiger partial charge in [0.1, 0.15) is 0 Å². The minimum Gasteiger partial charge on any atom is -0.353 e. The molecule has 18 rings (SSSR count). The van der Waals surface area contributed by atoms with Gasteiger partial charge in [-0.1, -0.05) is 157 Å². The summed E-state index contributed by atoms with van der Waals surface area (Å²) in [4.78, 5) is 41.0. The maximum absolute atomic E-state index is 6.13. The molecule has 0 saturated heterocycles. The fourth-order valence-corrected chi connectivity index (χ4v) is 12.4. The number of nitrogens with zero attached hydrogens (tertiary/aromatic N) is 11. The molecule has 0 saturated carbocycles. The number of para-hydroxylation sites is 4. The van der Waals surface area contributed by atoms with Crippen molar-refractivity contribution in [1.29, 1.82) is 0 Å². The zero-order valence-corrected chi connectivity index (χ0v) is 50.6. The van der Waals surface area contributed by atoms with E-state index in [0.717, 1.165) is 84.6 Å². The Labute approximate surface area is 539 Å². The second-order valence-electron chi connectivity index (χ2n) is 22.2. The Balaban J connectivity index is 0.000000122. The van der Waals surface area contributed by atoms with Gasteiger partial charge in [-0.15, -0.1) is 0 Å². The van der Waals surface area contributed by atoms with Crippen LogP contribution in [0.4, 0.5) is 0 Å². The molecule has 0 atom stereocenters. The van der Waals surface area contributed by atoms with Crippen molar-refractivity contribution in [2.45, 2.75) is 0 Å². The van der Waals surface area contributed by atoms with Crippen molar-refractivity contribution in [2.75, 3.05) is 0 Å². The van der Waals surface area contributed by atoms with Gasteiger partial charge in [0.2, 0.25) is 0 Å². The Bertz CT molecular complexity index is 5580. The molecular weight excluding hydrogens is 1160 g/mol. The Morgan fingerprint density at radius 3 is 1.29 bits per heavy atom. The van der Waals surface area contributed by atoms with Crippen molar-refractivity contribution in [1.82, 2.24) is 58.6 Å². The van der Waals surface area contributed by atoms with E-state index >= 15 is 0 Å². The zero-order chi connectivity index (χ0) is 62.0. The van der Waals surface area contributed by atoms with E-state index in [0.29, 0.717) is 16.7 Å². The van der Waals surface area contributed by atoms with Crippen LogP contribution in [0.5, 0.6) is 0 Å². The lowest BCUT2D eigenvalue weighted by atomic mass is 10.1. The van der Waals surface area contributed by atoms with Gasteiger partial charge >= 0.3 is 0 Å². The minimum absolute atomic E-state index is 0.589. The van der Waals surface area contributed by atoms with E-state index in [1.807, 2.05) is 115 Å². The predicted molar refractivity (Wildman–Crippen MR) is 377 cm³/mol. The first-order valence-electron chi connectivity index (χ1n) is 30.5. The molecule has 93 heavy (non-hydrogen) atoms. The number of nitrogens with one attached hydrogen (secondary N) is 1. The third-order valence-electron chi connectivity index (χ3n) is 16.5. The first-order chi connectivity index (χ1) is 46.0. The van der Waals surface area contributed by atoms with E-state index in [2.05, 4.69) is 225 Å². The largest absolute Gasteiger partial charge is 0.353 e. The Morgan fingerprint density at radius 1 is 0.301 bits per heavy atom. The summed E-state index contributed by atoms with van der Waals surface area (Å²) in [5, 5.41) is 8.04. The summed E-state index contributed by atoms with van der Waals surface area (Å²) >= 11 is 6.13. The lowest BCUT2D eigenvalue weighted by Crippen LogP contribution is -2.00. The molecule has 0 fully saturated rings. The number of H-pyrrole nitrogens is 1. The number of benzene rings is 8. The van der Waals surface area contributed by atoms with Gasteiger partial charge in [0.05, 0.1) is 73.1 Å². The van der Waals surface area contributed by atoms with E-state index in [1.54, 1.807) is 24.8 Å². The fourth-order valence-electron chi connectivity index (χ4n) is 12.2. The van der Waals surface area contributed by atoms with Crippen LogP contribution in [-0.4, -0.2) is 58.6 Å². The second kappa shape index (κ2) is 24.5. The molecule has 0 spiro atoms. The van der Waals surface area contributed by atoms with Crippen molar-refractivity contribution in [3.8, 4) is 85.4 Å². The third kappa shape index (κ3) is 10.9. The SMILES string of the molecule is Clc1cccc(-c2nc(-c3ccccn3)cc(-c3ccccn3)n2)c1.c1ccc(-n2ccc3ccc4c5ccccc5[nH]c4c32)cc1.c1ccc(-n2ccc3ccc4c5ccccc5n(-c5cccc(-c6nc(-c7ccccn7)cc(-c7ccccn7)n6)c5)c4c32)cc1. The zero-order valence-electron chi connectivity index (χ0n) is 49.8. The van der Waals surface area contributed by atoms with Gasteiger partial charge in [-0.05, 0) is 133 Å². The van der Waals surface area contributed by atoms with Crippen molar-refractivity contribution >= 4 is 77.0 Å². The van der Waals surface area contributed by atoms with Crippen LogP contribution >= 0.6 is 11.6 Å². The first-order valence-corrected chi connectivity index (χ1v) is 30.9. The van der Waals surface area contributed by atoms with Gasteiger partial charge in [-0.2, -0.15) is 0 Å². The Morgan fingerprint density at radius 2 is 0.753 bits per heavy atom. The molecule has 12 nitrogen and oxygen atoms in total. The van der Waals surface area contributed by atoms with Gasteiger partial charge in [0.15, 0.2) is 11.6 Å². The second-order valence-corrected chi connectivity index (χ2v) is 22.7. The summed E-state index contributed by atoms with van der Waals surface area (Å²) in [6.45, 7) is 0. The summed E-state index contributed by atoms with van der Waals surface area (Å²) in [5.41, 5.74) is 18.3. The van der Waals surface area contributed by atoms with E-state index in [9.17, 15) is 0 Å². The smallest absolute Gasteiger partial charge is 0.160 e. The summed E-state index contributed by atoms with van der Waals surface area (Å²) in [6, 6.07) is 94.4. The molecule has 1 N–H and O–H groups in total. The maximum atomic E-state index is 6.13. The lowest BCUT2D eigenvalue weighted by molar-refractivity contribution is 1.11. The minimum atomic E-state index is 0.589. The maximum Gasteiger partial charge on any atom is 0.160 e. The molecule has 13 heteroatoms. The highest BCUT2D eigenvalue weighted by Crippen LogP contribution is 2.40. The summed E-state index contributed by atoms with van der Waals surface area (Å²) in [5.74, 6) is 1.20. The van der Waals surface area contributed by atoms with Gasteiger partial charge < -0.3 is 18.7 Å². The van der Waals surface area contributed by atoms with E-state index in [-0.39, 0.29) is 0 Å². The number of rotatable bonds is 9. The summed E-state index contributed by atoms with van der Waals surface area (Å²) < 4.78 is 6.92. The molecule has 10 aromatic heterocycles. The van der Waals surface area contributed by atoms with Gasteiger partial charge in [0.25, 0.3) is 0 Å². The van der Waals surface area contributed by atoms with Crippen LogP contribution in [-0.2, 0) is 0 Å². The predicted octanol–water partition coefficient (Wildman–Crippen LogP) is 19.5. The quantitative estimate of drug-likeness (QED) is 0.151. The van der Waals surface area contributed by atoms with Crippen molar-refractivity contribution < 1.29 is 0 Å².